The minimum atomic E-state index is 0.878. The number of hydrogen-bond donors (Lipinski definition) is 1. The predicted molar refractivity (Wildman–Crippen MR) is 38.1 cm³/mol. The van der Waals surface area contributed by atoms with Gasteiger partial charge in [-0.25, -0.2) is 0 Å². The smallest absolute Gasteiger partial charge is 0.228 e. The maximum Gasteiger partial charge on any atom is 0.228 e. The van der Waals surface area contributed by atoms with E-state index in [0.717, 1.165) is 24.5 Å². The van der Waals surface area contributed by atoms with Gasteiger partial charge in [0.25, 0.3) is 0 Å². The van der Waals surface area contributed by atoms with Gasteiger partial charge in [-0.3, -0.25) is 0 Å². The summed E-state index contributed by atoms with van der Waals surface area (Å²) in [4.78, 5) is 0. The van der Waals surface area contributed by atoms with Crippen molar-refractivity contribution in [1.82, 2.24) is 5.16 Å². The fraction of sp³-hybridized carbons (Fsp3) is 0.571. The second-order valence-electron chi connectivity index (χ2n) is 2.61. The molecule has 0 spiro atoms. The van der Waals surface area contributed by atoms with Crippen molar-refractivity contribution in [2.45, 2.75) is 19.8 Å². The Bertz CT molecular complexity index is 242. The summed E-state index contributed by atoms with van der Waals surface area (Å²) >= 11 is 0. The van der Waals surface area contributed by atoms with Gasteiger partial charge >= 0.3 is 0 Å². The van der Waals surface area contributed by atoms with Crippen molar-refractivity contribution < 1.29 is 4.52 Å². The molecule has 3 heteroatoms. The molecule has 0 saturated carbocycles. The van der Waals surface area contributed by atoms with Crippen molar-refractivity contribution in [2.24, 2.45) is 0 Å². The maximum absolute atomic E-state index is 5.03. The molecule has 0 radical (unpaired) electrons. The standard InChI is InChI=1S/C7H10N2O/c1-5-6-3-2-4-8-7(6)10-9-5/h8H,2-4H2,1H3. The minimum absolute atomic E-state index is 0.878. The molecule has 0 bridgehead atoms. The number of hydrogen-bond acceptors (Lipinski definition) is 3. The van der Waals surface area contributed by atoms with Crippen molar-refractivity contribution >= 4 is 5.88 Å². The maximum atomic E-state index is 5.03. The molecule has 10 heavy (non-hydrogen) atoms. The fourth-order valence-electron chi connectivity index (χ4n) is 1.29. The molecule has 3 nitrogen and oxygen atoms in total. The highest BCUT2D eigenvalue weighted by molar-refractivity contribution is 5.44. The first-order valence-electron chi connectivity index (χ1n) is 3.57. The van der Waals surface area contributed by atoms with Crippen LogP contribution in [0.5, 0.6) is 0 Å². The molecule has 1 aliphatic rings. The molecule has 0 amide bonds. The second kappa shape index (κ2) is 2.01. The van der Waals surface area contributed by atoms with Gasteiger partial charge in [-0.2, -0.15) is 0 Å². The van der Waals surface area contributed by atoms with Crippen LogP contribution < -0.4 is 5.32 Å². The molecule has 0 unspecified atom stereocenters. The van der Waals surface area contributed by atoms with Crippen LogP contribution in [0.2, 0.25) is 0 Å². The molecule has 0 fully saturated rings. The first-order valence-corrected chi connectivity index (χ1v) is 3.57. The van der Waals surface area contributed by atoms with Crippen LogP contribution in [0.4, 0.5) is 5.88 Å². The Morgan fingerprint density at radius 2 is 2.50 bits per heavy atom. The number of nitrogens with zero attached hydrogens (tertiary/aromatic N) is 1. The van der Waals surface area contributed by atoms with Crippen molar-refractivity contribution in [1.29, 1.82) is 0 Å². The van der Waals surface area contributed by atoms with E-state index in [1.54, 1.807) is 0 Å². The van der Waals surface area contributed by atoms with Gasteiger partial charge in [0.05, 0.1) is 5.69 Å². The number of rotatable bonds is 0. The van der Waals surface area contributed by atoms with E-state index in [1.165, 1.54) is 12.0 Å². The molecule has 0 aliphatic carbocycles. The fourth-order valence-corrected chi connectivity index (χ4v) is 1.29. The van der Waals surface area contributed by atoms with Gasteiger partial charge in [0.15, 0.2) is 0 Å². The molecule has 2 rings (SSSR count). The second-order valence-corrected chi connectivity index (χ2v) is 2.61. The number of aromatic nitrogens is 1. The van der Waals surface area contributed by atoms with E-state index in [2.05, 4.69) is 10.5 Å². The molecule has 0 saturated heterocycles. The van der Waals surface area contributed by atoms with Gasteiger partial charge in [-0.15, -0.1) is 0 Å². The predicted octanol–water partition coefficient (Wildman–Crippen LogP) is 1.34. The first-order chi connectivity index (χ1) is 4.88. The Kier molecular flexibility index (Phi) is 1.16. The Morgan fingerprint density at radius 3 is 3.30 bits per heavy atom. The lowest BCUT2D eigenvalue weighted by molar-refractivity contribution is 0.425. The number of aryl methyl sites for hydroxylation is 1. The van der Waals surface area contributed by atoms with Crippen LogP contribution in [0.3, 0.4) is 0 Å². The Hall–Kier alpha value is -0.990. The average Bonchev–Trinajstić information content (AvgIpc) is 2.34. The molecular weight excluding hydrogens is 128 g/mol. The van der Waals surface area contributed by atoms with Crippen LogP contribution in [0, 0.1) is 6.92 Å². The largest absolute Gasteiger partial charge is 0.354 e. The SMILES string of the molecule is Cc1noc2c1CCCN2. The first kappa shape index (κ1) is 5.77. The van der Waals surface area contributed by atoms with Crippen molar-refractivity contribution in [3.05, 3.63) is 11.3 Å². The molecule has 2 heterocycles. The van der Waals surface area contributed by atoms with Crippen LogP contribution in [0.1, 0.15) is 17.7 Å². The highest BCUT2D eigenvalue weighted by atomic mass is 16.5. The number of nitrogens with one attached hydrogen (secondary N) is 1. The summed E-state index contributed by atoms with van der Waals surface area (Å²) in [6.07, 6.45) is 2.30. The van der Waals surface area contributed by atoms with Crippen LogP contribution in [-0.4, -0.2) is 11.7 Å². The van der Waals surface area contributed by atoms with Gasteiger partial charge in [0.2, 0.25) is 5.88 Å². The summed E-state index contributed by atoms with van der Waals surface area (Å²) in [5.74, 6) is 0.878. The van der Waals surface area contributed by atoms with Crippen LogP contribution in [0.25, 0.3) is 0 Å². The topological polar surface area (TPSA) is 38.1 Å². The van der Waals surface area contributed by atoms with E-state index in [0.29, 0.717) is 0 Å². The van der Waals surface area contributed by atoms with Gasteiger partial charge in [0.1, 0.15) is 0 Å². The Labute approximate surface area is 59.4 Å². The van der Waals surface area contributed by atoms with Gasteiger partial charge in [0, 0.05) is 12.1 Å². The van der Waals surface area contributed by atoms with Gasteiger partial charge in [-0.05, 0) is 19.8 Å². The van der Waals surface area contributed by atoms with E-state index in [1.807, 2.05) is 6.92 Å². The van der Waals surface area contributed by atoms with Crippen LogP contribution in [-0.2, 0) is 6.42 Å². The van der Waals surface area contributed by atoms with Crippen molar-refractivity contribution in [3.8, 4) is 0 Å². The zero-order valence-electron chi connectivity index (χ0n) is 5.98. The summed E-state index contributed by atoms with van der Waals surface area (Å²) in [5.41, 5.74) is 2.29. The zero-order valence-corrected chi connectivity index (χ0v) is 5.98. The Morgan fingerprint density at radius 1 is 1.60 bits per heavy atom. The van der Waals surface area contributed by atoms with E-state index in [9.17, 15) is 0 Å². The average molecular weight is 138 g/mol. The number of fused-ring (bicyclic) bond motifs is 1. The van der Waals surface area contributed by atoms with Crippen LogP contribution >= 0.6 is 0 Å². The number of anilines is 1. The molecule has 1 aliphatic heterocycles. The lowest BCUT2D eigenvalue weighted by atomic mass is 10.1. The molecular formula is C7H10N2O. The minimum Gasteiger partial charge on any atom is -0.354 e. The summed E-state index contributed by atoms with van der Waals surface area (Å²) in [5, 5.41) is 7.02. The lowest BCUT2D eigenvalue weighted by Crippen LogP contribution is -2.09. The third kappa shape index (κ3) is 0.701. The Balaban J connectivity index is 2.45. The molecule has 1 aromatic rings. The van der Waals surface area contributed by atoms with E-state index < -0.39 is 0 Å². The van der Waals surface area contributed by atoms with E-state index in [4.69, 9.17) is 4.52 Å². The third-order valence-electron chi connectivity index (χ3n) is 1.87. The van der Waals surface area contributed by atoms with Crippen molar-refractivity contribution in [3.63, 3.8) is 0 Å². The van der Waals surface area contributed by atoms with Crippen LogP contribution in [0.15, 0.2) is 4.52 Å². The normalized spacial score (nSPS) is 16.1. The highest BCUT2D eigenvalue weighted by Gasteiger charge is 2.15. The third-order valence-corrected chi connectivity index (χ3v) is 1.87. The summed E-state index contributed by atoms with van der Waals surface area (Å²) < 4.78 is 5.03. The zero-order chi connectivity index (χ0) is 6.97. The summed E-state index contributed by atoms with van der Waals surface area (Å²) in [6, 6.07) is 0. The highest BCUT2D eigenvalue weighted by Crippen LogP contribution is 2.23. The van der Waals surface area contributed by atoms with Gasteiger partial charge in [-0.1, -0.05) is 5.16 Å². The molecule has 0 atom stereocenters. The molecule has 1 aromatic heterocycles. The molecule has 1 N–H and O–H groups in total. The molecule has 0 aromatic carbocycles. The summed E-state index contributed by atoms with van der Waals surface area (Å²) in [7, 11) is 0. The van der Waals surface area contributed by atoms with E-state index >= 15 is 0 Å². The van der Waals surface area contributed by atoms with Gasteiger partial charge < -0.3 is 9.84 Å². The lowest BCUT2D eigenvalue weighted by Gasteiger charge is -2.09. The van der Waals surface area contributed by atoms with Crippen molar-refractivity contribution in [2.75, 3.05) is 11.9 Å². The summed E-state index contributed by atoms with van der Waals surface area (Å²) in [6.45, 7) is 3.00. The van der Waals surface area contributed by atoms with E-state index in [-0.39, 0.29) is 0 Å². The monoisotopic (exact) mass is 138 g/mol. The quantitative estimate of drug-likeness (QED) is 0.588. The molecule has 54 valence electrons.